The number of anilines is 1. The van der Waals surface area contributed by atoms with E-state index in [0.29, 0.717) is 10.9 Å². The summed E-state index contributed by atoms with van der Waals surface area (Å²) in [7, 11) is 1.49. The molecule has 0 radical (unpaired) electrons. The van der Waals surface area contributed by atoms with E-state index in [1.54, 1.807) is 24.3 Å². The number of H-pyrrole nitrogens is 1. The van der Waals surface area contributed by atoms with Crippen LogP contribution in [-0.4, -0.2) is 39.9 Å². The topological polar surface area (TPSA) is 104 Å². The Morgan fingerprint density at radius 2 is 1.69 bits per heavy atom. The predicted octanol–water partition coefficient (Wildman–Crippen LogP) is 1.40. The minimum absolute atomic E-state index is 0.164. The zero-order valence-electron chi connectivity index (χ0n) is 16.5. The van der Waals surface area contributed by atoms with Crippen molar-refractivity contribution in [2.45, 2.75) is 20.4 Å². The second-order valence-electron chi connectivity index (χ2n) is 6.93. The summed E-state index contributed by atoms with van der Waals surface area (Å²) >= 11 is 0. The van der Waals surface area contributed by atoms with Crippen LogP contribution in [0.2, 0.25) is 0 Å². The first kappa shape index (κ1) is 20.1. The van der Waals surface area contributed by atoms with Crippen LogP contribution in [0.25, 0.3) is 10.9 Å². The Kier molecular flexibility index (Phi) is 5.63. The summed E-state index contributed by atoms with van der Waals surface area (Å²) in [6.45, 7) is 3.34. The summed E-state index contributed by atoms with van der Waals surface area (Å²) in [5, 5.41) is 3.14. The second kappa shape index (κ2) is 8.14. The smallest absolute Gasteiger partial charge is 0.329 e. The molecule has 1 heterocycles. The molecule has 0 saturated carbocycles. The van der Waals surface area contributed by atoms with Crippen LogP contribution in [0.15, 0.2) is 52.1 Å². The lowest BCUT2D eigenvalue weighted by Crippen LogP contribution is -2.40. The molecule has 0 spiro atoms. The van der Waals surface area contributed by atoms with Gasteiger partial charge in [0, 0.05) is 12.7 Å². The van der Waals surface area contributed by atoms with E-state index >= 15 is 0 Å². The van der Waals surface area contributed by atoms with Gasteiger partial charge in [0.05, 0.1) is 17.4 Å². The molecule has 150 valence electrons. The molecule has 8 nitrogen and oxygen atoms in total. The number of nitrogens with zero attached hydrogens (tertiary/aromatic N) is 2. The molecular formula is C21H22N4O4. The molecule has 0 fully saturated rings. The minimum Gasteiger partial charge on any atom is -0.335 e. The number of amides is 2. The predicted molar refractivity (Wildman–Crippen MR) is 111 cm³/mol. The Hall–Kier alpha value is -3.68. The number of hydrogen-bond acceptors (Lipinski definition) is 4. The highest BCUT2D eigenvalue weighted by atomic mass is 16.2. The molecule has 2 amide bonds. The van der Waals surface area contributed by atoms with Crippen molar-refractivity contribution in [2.24, 2.45) is 0 Å². The van der Waals surface area contributed by atoms with E-state index in [4.69, 9.17) is 0 Å². The summed E-state index contributed by atoms with van der Waals surface area (Å²) in [6, 6.07) is 12.2. The van der Waals surface area contributed by atoms with Gasteiger partial charge < -0.3 is 10.2 Å². The molecule has 2 aromatic carbocycles. The van der Waals surface area contributed by atoms with Gasteiger partial charge in [-0.2, -0.15) is 0 Å². The third-order valence-corrected chi connectivity index (χ3v) is 4.75. The number of nitrogens with one attached hydrogen (secondary N) is 2. The summed E-state index contributed by atoms with van der Waals surface area (Å²) in [4.78, 5) is 52.6. The Morgan fingerprint density at radius 3 is 2.38 bits per heavy atom. The Morgan fingerprint density at radius 1 is 1.03 bits per heavy atom. The van der Waals surface area contributed by atoms with Crippen LogP contribution >= 0.6 is 0 Å². The summed E-state index contributed by atoms with van der Waals surface area (Å²) in [6.07, 6.45) is 0. The number of rotatable bonds is 5. The molecule has 0 aliphatic heterocycles. The number of fused-ring (bicyclic) bond motifs is 1. The average Bonchev–Trinajstić information content (AvgIpc) is 2.68. The van der Waals surface area contributed by atoms with Gasteiger partial charge in [0.1, 0.15) is 6.54 Å². The van der Waals surface area contributed by atoms with Crippen molar-refractivity contribution in [3.05, 3.63) is 74.4 Å². The van der Waals surface area contributed by atoms with Crippen LogP contribution in [0.5, 0.6) is 0 Å². The van der Waals surface area contributed by atoms with Crippen molar-refractivity contribution in [1.29, 1.82) is 0 Å². The maximum Gasteiger partial charge on any atom is 0.329 e. The number of aromatic nitrogens is 2. The van der Waals surface area contributed by atoms with Crippen molar-refractivity contribution in [3.63, 3.8) is 0 Å². The lowest BCUT2D eigenvalue weighted by molar-refractivity contribution is -0.133. The van der Waals surface area contributed by atoms with Gasteiger partial charge in [-0.1, -0.05) is 30.3 Å². The van der Waals surface area contributed by atoms with Gasteiger partial charge >= 0.3 is 5.69 Å². The molecule has 0 aliphatic carbocycles. The van der Waals surface area contributed by atoms with Crippen LogP contribution in [0.3, 0.4) is 0 Å². The third-order valence-electron chi connectivity index (χ3n) is 4.75. The number of carbonyl (C=O) groups is 2. The molecular weight excluding hydrogens is 372 g/mol. The van der Waals surface area contributed by atoms with Gasteiger partial charge in [0.2, 0.25) is 11.8 Å². The van der Waals surface area contributed by atoms with Gasteiger partial charge in [-0.05, 0) is 37.1 Å². The SMILES string of the molecule is Cc1cccc(C)c1NC(=O)CN(C)C(=O)Cn1c(=O)[nH]c(=O)c2ccccc21. The second-order valence-corrected chi connectivity index (χ2v) is 6.93. The highest BCUT2D eigenvalue weighted by molar-refractivity contribution is 5.95. The molecule has 3 aromatic rings. The number of aryl methyl sites for hydroxylation is 2. The Bertz CT molecular complexity index is 1190. The van der Waals surface area contributed by atoms with Crippen molar-refractivity contribution < 1.29 is 9.59 Å². The van der Waals surface area contributed by atoms with Crippen molar-refractivity contribution in [1.82, 2.24) is 14.5 Å². The fourth-order valence-electron chi connectivity index (χ4n) is 3.15. The number of benzene rings is 2. The lowest BCUT2D eigenvalue weighted by atomic mass is 10.1. The zero-order chi connectivity index (χ0) is 21.1. The molecule has 8 heteroatoms. The van der Waals surface area contributed by atoms with Crippen LogP contribution in [-0.2, 0) is 16.1 Å². The highest BCUT2D eigenvalue weighted by Gasteiger charge is 2.17. The van der Waals surface area contributed by atoms with E-state index in [0.717, 1.165) is 16.8 Å². The monoisotopic (exact) mass is 394 g/mol. The van der Waals surface area contributed by atoms with E-state index in [2.05, 4.69) is 10.3 Å². The summed E-state index contributed by atoms with van der Waals surface area (Å²) < 4.78 is 1.19. The van der Waals surface area contributed by atoms with Gasteiger partial charge in [-0.15, -0.1) is 0 Å². The molecule has 3 rings (SSSR count). The highest BCUT2D eigenvalue weighted by Crippen LogP contribution is 2.19. The molecule has 1 aromatic heterocycles. The first-order chi connectivity index (χ1) is 13.8. The molecule has 0 atom stereocenters. The largest absolute Gasteiger partial charge is 0.335 e. The number of hydrogen-bond donors (Lipinski definition) is 2. The van der Waals surface area contributed by atoms with Crippen LogP contribution in [0, 0.1) is 13.8 Å². The third kappa shape index (κ3) is 4.26. The number of likely N-dealkylation sites (N-methyl/N-ethyl adjacent to an activating group) is 1. The Balaban J connectivity index is 1.75. The van der Waals surface area contributed by atoms with Gasteiger partial charge in [0.25, 0.3) is 5.56 Å². The number of para-hydroxylation sites is 2. The molecule has 0 aliphatic rings. The van der Waals surface area contributed by atoms with E-state index in [1.165, 1.54) is 16.5 Å². The molecule has 0 saturated heterocycles. The van der Waals surface area contributed by atoms with E-state index in [-0.39, 0.29) is 19.0 Å². The van der Waals surface area contributed by atoms with Gasteiger partial charge in [0.15, 0.2) is 0 Å². The first-order valence-electron chi connectivity index (χ1n) is 9.10. The van der Waals surface area contributed by atoms with Crippen molar-refractivity contribution in [2.75, 3.05) is 18.9 Å². The normalized spacial score (nSPS) is 10.7. The van der Waals surface area contributed by atoms with Crippen molar-refractivity contribution in [3.8, 4) is 0 Å². The summed E-state index contributed by atoms with van der Waals surface area (Å²) in [5.74, 6) is -0.766. The summed E-state index contributed by atoms with van der Waals surface area (Å²) in [5.41, 5.74) is 1.77. The van der Waals surface area contributed by atoms with E-state index in [1.807, 2.05) is 32.0 Å². The molecule has 29 heavy (non-hydrogen) atoms. The first-order valence-corrected chi connectivity index (χ1v) is 9.10. The Labute approximate surface area is 166 Å². The molecule has 2 N–H and O–H groups in total. The van der Waals surface area contributed by atoms with Crippen LogP contribution < -0.4 is 16.6 Å². The fraction of sp³-hybridized carbons (Fsp3) is 0.238. The zero-order valence-corrected chi connectivity index (χ0v) is 16.5. The number of aromatic amines is 1. The van der Waals surface area contributed by atoms with E-state index in [9.17, 15) is 19.2 Å². The maximum atomic E-state index is 12.6. The molecule has 0 bridgehead atoms. The quantitative estimate of drug-likeness (QED) is 0.683. The average molecular weight is 394 g/mol. The van der Waals surface area contributed by atoms with Crippen LogP contribution in [0.4, 0.5) is 5.69 Å². The fourth-order valence-corrected chi connectivity index (χ4v) is 3.15. The van der Waals surface area contributed by atoms with E-state index < -0.39 is 17.2 Å². The lowest BCUT2D eigenvalue weighted by Gasteiger charge is -2.19. The number of carbonyl (C=O) groups excluding carboxylic acids is 2. The van der Waals surface area contributed by atoms with Gasteiger partial charge in [-0.25, -0.2) is 4.79 Å². The van der Waals surface area contributed by atoms with Crippen LogP contribution in [0.1, 0.15) is 11.1 Å². The maximum absolute atomic E-state index is 12.6. The molecule has 0 unspecified atom stereocenters. The standard InChI is InChI=1S/C21H22N4O4/c1-13-7-6-8-14(2)19(13)22-17(26)11-24(3)18(27)12-25-16-10-5-4-9-15(16)20(28)23-21(25)29/h4-10H,11-12H2,1-3H3,(H,22,26)(H,23,28,29). The van der Waals surface area contributed by atoms with Gasteiger partial charge in [-0.3, -0.25) is 23.9 Å². The minimum atomic E-state index is -0.671. The van der Waals surface area contributed by atoms with Crippen molar-refractivity contribution >= 4 is 28.4 Å².